The molecule has 0 saturated carbocycles. The normalized spacial score (nSPS) is 22.0. The van der Waals surface area contributed by atoms with Crippen molar-refractivity contribution in [2.24, 2.45) is 5.92 Å². The van der Waals surface area contributed by atoms with E-state index in [1.165, 1.54) is 12.1 Å². The Morgan fingerprint density at radius 3 is 2.96 bits per heavy atom. The zero-order chi connectivity index (χ0) is 15.8. The van der Waals surface area contributed by atoms with E-state index in [1.54, 1.807) is 6.07 Å². The lowest BCUT2D eigenvalue weighted by atomic mass is 10.1. The number of nitrogens with zero attached hydrogens (tertiary/aromatic N) is 3. The van der Waals surface area contributed by atoms with Gasteiger partial charge in [0.2, 0.25) is 5.91 Å². The molecule has 4 rings (SSSR count). The van der Waals surface area contributed by atoms with Crippen LogP contribution in [-0.4, -0.2) is 53.5 Å². The van der Waals surface area contributed by atoms with Gasteiger partial charge in [0, 0.05) is 43.8 Å². The third kappa shape index (κ3) is 2.89. The summed E-state index contributed by atoms with van der Waals surface area (Å²) in [6.45, 7) is 3.07. The Bertz CT molecular complexity index is 729. The summed E-state index contributed by atoms with van der Waals surface area (Å²) in [6.07, 6.45) is 0.815. The summed E-state index contributed by atoms with van der Waals surface area (Å²) in [5.74, 6) is 1.97. The van der Waals surface area contributed by atoms with E-state index in [2.05, 4.69) is 4.98 Å². The van der Waals surface area contributed by atoms with Gasteiger partial charge < -0.3 is 14.2 Å². The molecule has 5 nitrogen and oxygen atoms in total. The van der Waals surface area contributed by atoms with Crippen molar-refractivity contribution < 1.29 is 13.6 Å². The number of carbonyl (C=O) groups is 1. The second-order valence-electron chi connectivity index (χ2n) is 5.98. The standard InChI is InChI=1S/C16H18FN3O2S/c17-12-1-2-13-14(9-12)22-16(18-13)20-4-3-11(10-20)15(21)19-5-7-23-8-6-19/h1-2,9,11H,3-8,10H2. The average molecular weight is 335 g/mol. The summed E-state index contributed by atoms with van der Waals surface area (Å²) in [7, 11) is 0. The van der Waals surface area contributed by atoms with Crippen molar-refractivity contribution in [3.8, 4) is 0 Å². The van der Waals surface area contributed by atoms with E-state index in [9.17, 15) is 9.18 Å². The largest absolute Gasteiger partial charge is 0.423 e. The smallest absolute Gasteiger partial charge is 0.298 e. The lowest BCUT2D eigenvalue weighted by Crippen LogP contribution is -2.42. The van der Waals surface area contributed by atoms with Gasteiger partial charge in [-0.3, -0.25) is 4.79 Å². The number of thioether (sulfide) groups is 1. The van der Waals surface area contributed by atoms with Crippen LogP contribution in [0, 0.1) is 11.7 Å². The van der Waals surface area contributed by atoms with Gasteiger partial charge in [-0.15, -0.1) is 0 Å². The minimum atomic E-state index is -0.336. The molecular weight excluding hydrogens is 317 g/mol. The lowest BCUT2D eigenvalue weighted by molar-refractivity contribution is -0.134. The maximum Gasteiger partial charge on any atom is 0.298 e. The second-order valence-corrected chi connectivity index (χ2v) is 7.20. The summed E-state index contributed by atoms with van der Waals surface area (Å²) in [5.41, 5.74) is 1.09. The summed E-state index contributed by atoms with van der Waals surface area (Å²) < 4.78 is 18.9. The number of oxazole rings is 1. The van der Waals surface area contributed by atoms with Crippen LogP contribution in [0.15, 0.2) is 22.6 Å². The maximum atomic E-state index is 13.2. The Hall–Kier alpha value is -1.76. The van der Waals surface area contributed by atoms with E-state index in [0.29, 0.717) is 23.7 Å². The van der Waals surface area contributed by atoms with Crippen LogP contribution in [0.4, 0.5) is 10.4 Å². The molecule has 2 saturated heterocycles. The van der Waals surface area contributed by atoms with Crippen LogP contribution in [0.5, 0.6) is 0 Å². The number of hydrogen-bond donors (Lipinski definition) is 0. The van der Waals surface area contributed by atoms with Crippen LogP contribution in [0.1, 0.15) is 6.42 Å². The number of hydrogen-bond acceptors (Lipinski definition) is 5. The van der Waals surface area contributed by atoms with Gasteiger partial charge in [0.15, 0.2) is 5.58 Å². The quantitative estimate of drug-likeness (QED) is 0.843. The monoisotopic (exact) mass is 335 g/mol. The van der Waals surface area contributed by atoms with Crippen LogP contribution in [0.2, 0.25) is 0 Å². The summed E-state index contributed by atoms with van der Waals surface area (Å²) in [6, 6.07) is 4.81. The molecule has 1 aromatic heterocycles. The van der Waals surface area contributed by atoms with E-state index in [4.69, 9.17) is 4.42 Å². The van der Waals surface area contributed by atoms with Crippen molar-refractivity contribution in [2.45, 2.75) is 6.42 Å². The molecule has 2 aliphatic heterocycles. The van der Waals surface area contributed by atoms with E-state index in [0.717, 1.165) is 37.6 Å². The highest BCUT2D eigenvalue weighted by Crippen LogP contribution is 2.28. The molecular formula is C16H18FN3O2S. The van der Waals surface area contributed by atoms with E-state index in [-0.39, 0.29) is 17.6 Å². The summed E-state index contributed by atoms with van der Waals surface area (Å²) in [5, 5.41) is 0. The molecule has 0 N–H and O–H groups in total. The third-order valence-electron chi connectivity index (χ3n) is 4.47. The maximum absolute atomic E-state index is 13.2. The highest BCUT2D eigenvalue weighted by Gasteiger charge is 2.33. The van der Waals surface area contributed by atoms with Crippen molar-refractivity contribution in [1.29, 1.82) is 0 Å². The molecule has 1 aromatic carbocycles. The first-order valence-electron chi connectivity index (χ1n) is 7.88. The number of fused-ring (bicyclic) bond motifs is 1. The van der Waals surface area contributed by atoms with Crippen molar-refractivity contribution in [3.63, 3.8) is 0 Å². The number of amides is 1. The Labute approximate surface area is 137 Å². The SMILES string of the molecule is O=C(C1CCN(c2nc3ccc(F)cc3o2)C1)N1CCSCC1. The van der Waals surface area contributed by atoms with Crippen molar-refractivity contribution >= 4 is 34.8 Å². The number of rotatable bonds is 2. The molecule has 2 fully saturated rings. The number of halogens is 1. The van der Waals surface area contributed by atoms with Crippen molar-refractivity contribution in [3.05, 3.63) is 24.0 Å². The zero-order valence-electron chi connectivity index (χ0n) is 12.7. The summed E-state index contributed by atoms with van der Waals surface area (Å²) in [4.78, 5) is 21.0. The van der Waals surface area contributed by atoms with Gasteiger partial charge in [0.1, 0.15) is 11.3 Å². The number of benzene rings is 1. The van der Waals surface area contributed by atoms with Gasteiger partial charge in [-0.05, 0) is 18.6 Å². The summed E-state index contributed by atoms with van der Waals surface area (Å²) >= 11 is 1.90. The Morgan fingerprint density at radius 2 is 2.13 bits per heavy atom. The van der Waals surface area contributed by atoms with Gasteiger partial charge in [-0.2, -0.15) is 16.7 Å². The van der Waals surface area contributed by atoms with Gasteiger partial charge in [-0.25, -0.2) is 4.39 Å². The fourth-order valence-corrected chi connectivity index (χ4v) is 4.10. The Kier molecular flexibility index (Phi) is 3.88. The topological polar surface area (TPSA) is 49.6 Å². The predicted octanol–water partition coefficient (Wildman–Crippen LogP) is 2.37. The molecule has 0 aliphatic carbocycles. The molecule has 0 bridgehead atoms. The number of anilines is 1. The van der Waals surface area contributed by atoms with Crippen LogP contribution in [-0.2, 0) is 4.79 Å². The molecule has 7 heteroatoms. The van der Waals surface area contributed by atoms with Crippen LogP contribution in [0.25, 0.3) is 11.1 Å². The molecule has 3 heterocycles. The number of carbonyl (C=O) groups excluding carboxylic acids is 1. The molecule has 1 atom stereocenters. The highest BCUT2D eigenvalue weighted by molar-refractivity contribution is 7.99. The minimum absolute atomic E-state index is 0.00449. The van der Waals surface area contributed by atoms with E-state index >= 15 is 0 Å². The zero-order valence-corrected chi connectivity index (χ0v) is 13.5. The molecule has 0 radical (unpaired) electrons. The minimum Gasteiger partial charge on any atom is -0.423 e. The van der Waals surface area contributed by atoms with Crippen molar-refractivity contribution in [2.75, 3.05) is 42.6 Å². The third-order valence-corrected chi connectivity index (χ3v) is 5.41. The van der Waals surface area contributed by atoms with E-state index < -0.39 is 0 Å². The molecule has 1 amide bonds. The molecule has 2 aliphatic rings. The highest BCUT2D eigenvalue weighted by atomic mass is 32.2. The fourth-order valence-electron chi connectivity index (χ4n) is 3.20. The number of aromatic nitrogens is 1. The molecule has 1 unspecified atom stereocenters. The molecule has 122 valence electrons. The van der Waals surface area contributed by atoms with Crippen LogP contribution < -0.4 is 4.90 Å². The van der Waals surface area contributed by atoms with Gasteiger partial charge in [0.25, 0.3) is 6.01 Å². The first kappa shape index (κ1) is 14.8. The van der Waals surface area contributed by atoms with Gasteiger partial charge >= 0.3 is 0 Å². The second kappa shape index (κ2) is 6.03. The van der Waals surface area contributed by atoms with Crippen molar-refractivity contribution in [1.82, 2.24) is 9.88 Å². The van der Waals surface area contributed by atoms with Crippen LogP contribution >= 0.6 is 11.8 Å². The Morgan fingerprint density at radius 1 is 1.30 bits per heavy atom. The molecule has 0 spiro atoms. The van der Waals surface area contributed by atoms with Crippen LogP contribution in [0.3, 0.4) is 0 Å². The first-order valence-corrected chi connectivity index (χ1v) is 9.04. The van der Waals surface area contributed by atoms with Gasteiger partial charge in [0.05, 0.1) is 5.92 Å². The Balaban J connectivity index is 1.47. The lowest BCUT2D eigenvalue weighted by Gasteiger charge is -2.28. The predicted molar refractivity (Wildman–Crippen MR) is 88.2 cm³/mol. The average Bonchev–Trinajstić information content (AvgIpc) is 3.21. The van der Waals surface area contributed by atoms with Gasteiger partial charge in [-0.1, -0.05) is 0 Å². The molecule has 23 heavy (non-hydrogen) atoms. The molecule has 2 aromatic rings. The van der Waals surface area contributed by atoms with E-state index in [1.807, 2.05) is 21.6 Å². The fraction of sp³-hybridized carbons (Fsp3) is 0.500. The first-order chi connectivity index (χ1) is 11.2.